The molecule has 2 N–H and O–H groups in total. The van der Waals surface area contributed by atoms with Gasteiger partial charge in [-0.1, -0.05) is 5.16 Å². The maximum Gasteiger partial charge on any atom is 0.455 e. The fraction of sp³-hybridized carbons (Fsp3) is 0.438. The number of nitrogens with two attached hydrogens (primary N) is 1. The lowest BCUT2D eigenvalue weighted by atomic mass is 10.1. The Kier molecular flexibility index (Phi) is 4.44. The number of rotatable bonds is 3. The Morgan fingerprint density at radius 2 is 2.04 bits per heavy atom. The second-order valence-electron chi connectivity index (χ2n) is 6.56. The molecule has 0 bridgehead atoms. The van der Waals surface area contributed by atoms with Crippen LogP contribution in [0.4, 0.5) is 27.9 Å². The largest absolute Gasteiger partial charge is 0.455 e. The van der Waals surface area contributed by atoms with Gasteiger partial charge in [0.05, 0.1) is 17.1 Å². The van der Waals surface area contributed by atoms with Crippen LogP contribution in [0.1, 0.15) is 18.1 Å². The normalized spacial score (nSPS) is 20.9. The van der Waals surface area contributed by atoms with Crippen LogP contribution in [0.2, 0.25) is 0 Å². The first-order valence-electron chi connectivity index (χ1n) is 8.42. The summed E-state index contributed by atoms with van der Waals surface area (Å²) >= 11 is 0. The molecule has 4 rings (SSSR count). The third kappa shape index (κ3) is 3.39. The van der Waals surface area contributed by atoms with E-state index >= 15 is 0 Å². The monoisotopic (exact) mass is 402 g/mol. The Morgan fingerprint density at radius 1 is 1.25 bits per heavy atom. The second kappa shape index (κ2) is 6.69. The van der Waals surface area contributed by atoms with Gasteiger partial charge in [0.25, 0.3) is 5.82 Å². The van der Waals surface area contributed by atoms with Crippen molar-refractivity contribution in [2.24, 2.45) is 5.73 Å². The van der Waals surface area contributed by atoms with Crippen LogP contribution in [0.5, 0.6) is 0 Å². The standard InChI is InChI=1S/C16H15F5N6O/c17-8-1-2-12-11(5-8)23-15(26-4-3-9(18)10(22)6-26)27(12)7-13-24-14(25-28-13)16(19,20)21/h1-2,5,9-10H,3-4,6-7,22H2/t9?,10-/m1/s1. The molecule has 1 unspecified atom stereocenters. The first kappa shape index (κ1) is 18.6. The molecule has 3 heterocycles. The quantitative estimate of drug-likeness (QED) is 0.678. The van der Waals surface area contributed by atoms with Crippen LogP contribution in [-0.2, 0) is 12.7 Å². The minimum absolute atomic E-state index is 0.157. The first-order valence-corrected chi connectivity index (χ1v) is 8.42. The number of alkyl halides is 4. The molecule has 0 aliphatic carbocycles. The van der Waals surface area contributed by atoms with E-state index in [4.69, 9.17) is 10.3 Å². The molecule has 7 nitrogen and oxygen atoms in total. The van der Waals surface area contributed by atoms with Gasteiger partial charge >= 0.3 is 6.18 Å². The van der Waals surface area contributed by atoms with Crippen molar-refractivity contribution in [2.45, 2.75) is 31.4 Å². The van der Waals surface area contributed by atoms with Crippen LogP contribution < -0.4 is 10.6 Å². The van der Waals surface area contributed by atoms with E-state index in [1.54, 1.807) is 4.90 Å². The number of hydrogen-bond donors (Lipinski definition) is 1. The van der Waals surface area contributed by atoms with Gasteiger partial charge in [0.1, 0.15) is 18.5 Å². The molecular weight excluding hydrogens is 387 g/mol. The molecule has 0 radical (unpaired) electrons. The van der Waals surface area contributed by atoms with E-state index in [1.165, 1.54) is 22.8 Å². The van der Waals surface area contributed by atoms with Crippen LogP contribution in [0, 0.1) is 5.82 Å². The molecule has 1 saturated heterocycles. The third-order valence-electron chi connectivity index (χ3n) is 4.56. The molecule has 1 aromatic carbocycles. The number of nitrogens with zero attached hydrogens (tertiary/aromatic N) is 5. The first-order chi connectivity index (χ1) is 13.2. The number of aromatic nitrogens is 4. The summed E-state index contributed by atoms with van der Waals surface area (Å²) in [5, 5.41) is 2.94. The second-order valence-corrected chi connectivity index (χ2v) is 6.56. The Labute approximate surface area is 154 Å². The molecule has 1 aliphatic rings. The average molecular weight is 402 g/mol. The molecule has 150 valence electrons. The van der Waals surface area contributed by atoms with E-state index in [0.29, 0.717) is 23.5 Å². The fourth-order valence-corrected chi connectivity index (χ4v) is 3.19. The molecule has 0 spiro atoms. The molecule has 0 saturated carbocycles. The minimum atomic E-state index is -4.74. The molecule has 2 aromatic heterocycles. The van der Waals surface area contributed by atoms with Crippen molar-refractivity contribution in [3.63, 3.8) is 0 Å². The van der Waals surface area contributed by atoms with Crippen molar-refractivity contribution in [1.82, 2.24) is 19.7 Å². The molecule has 0 amide bonds. The number of benzene rings is 1. The highest BCUT2D eigenvalue weighted by molar-refractivity contribution is 5.79. The number of imidazole rings is 1. The summed E-state index contributed by atoms with van der Waals surface area (Å²) in [6.45, 7) is 0.244. The molecular formula is C16H15F5N6O. The topological polar surface area (TPSA) is 86.0 Å². The zero-order valence-electron chi connectivity index (χ0n) is 14.3. The summed E-state index contributed by atoms with van der Waals surface area (Å²) in [5.41, 5.74) is 6.55. The zero-order valence-corrected chi connectivity index (χ0v) is 14.3. The number of fused-ring (bicyclic) bond motifs is 1. The van der Waals surface area contributed by atoms with Crippen molar-refractivity contribution in [3.8, 4) is 0 Å². The predicted octanol–water partition coefficient (Wildman–Crippen LogP) is 2.50. The molecule has 1 aliphatic heterocycles. The van der Waals surface area contributed by atoms with Crippen LogP contribution in [0.25, 0.3) is 11.0 Å². The molecule has 2 atom stereocenters. The predicted molar refractivity (Wildman–Crippen MR) is 87.8 cm³/mol. The van der Waals surface area contributed by atoms with Gasteiger partial charge in [-0.3, -0.25) is 0 Å². The smallest absolute Gasteiger partial charge is 0.340 e. The number of halogens is 5. The number of hydrogen-bond acceptors (Lipinski definition) is 6. The van der Waals surface area contributed by atoms with E-state index in [-0.39, 0.29) is 25.4 Å². The van der Waals surface area contributed by atoms with Crippen molar-refractivity contribution in [2.75, 3.05) is 18.0 Å². The van der Waals surface area contributed by atoms with Gasteiger partial charge in [-0.2, -0.15) is 18.2 Å². The maximum absolute atomic E-state index is 13.7. The van der Waals surface area contributed by atoms with Crippen molar-refractivity contribution in [1.29, 1.82) is 0 Å². The zero-order chi connectivity index (χ0) is 20.1. The van der Waals surface area contributed by atoms with Crippen LogP contribution >= 0.6 is 0 Å². The van der Waals surface area contributed by atoms with E-state index < -0.39 is 30.0 Å². The van der Waals surface area contributed by atoms with Crippen LogP contribution in [-0.4, -0.2) is 45.0 Å². The lowest BCUT2D eigenvalue weighted by Crippen LogP contribution is -2.50. The summed E-state index contributed by atoms with van der Waals surface area (Å²) in [4.78, 5) is 9.44. The van der Waals surface area contributed by atoms with Crippen molar-refractivity contribution >= 4 is 17.0 Å². The number of piperidine rings is 1. The van der Waals surface area contributed by atoms with Crippen molar-refractivity contribution < 1.29 is 26.5 Å². The van der Waals surface area contributed by atoms with Crippen molar-refractivity contribution in [3.05, 3.63) is 35.7 Å². The van der Waals surface area contributed by atoms with Crippen LogP contribution in [0.3, 0.4) is 0 Å². The summed E-state index contributed by atoms with van der Waals surface area (Å²) in [7, 11) is 0. The van der Waals surface area contributed by atoms with Gasteiger partial charge < -0.3 is 19.7 Å². The van der Waals surface area contributed by atoms with Gasteiger partial charge in [-0.25, -0.2) is 13.8 Å². The van der Waals surface area contributed by atoms with E-state index in [1.807, 2.05) is 0 Å². The molecule has 3 aromatic rings. The van der Waals surface area contributed by atoms with Gasteiger partial charge in [0.2, 0.25) is 11.8 Å². The summed E-state index contributed by atoms with van der Waals surface area (Å²) in [6.07, 6.45) is -5.71. The summed E-state index contributed by atoms with van der Waals surface area (Å²) in [5.74, 6) is -1.88. The average Bonchev–Trinajstić information content (AvgIpc) is 3.22. The fourth-order valence-electron chi connectivity index (χ4n) is 3.19. The Balaban J connectivity index is 1.74. The van der Waals surface area contributed by atoms with E-state index in [9.17, 15) is 22.0 Å². The van der Waals surface area contributed by atoms with Crippen LogP contribution in [0.15, 0.2) is 22.7 Å². The molecule has 1 fully saturated rings. The summed E-state index contributed by atoms with van der Waals surface area (Å²) < 4.78 is 71.7. The lowest BCUT2D eigenvalue weighted by Gasteiger charge is -2.33. The number of anilines is 1. The SMILES string of the molecule is N[C@@H]1CN(c2nc3cc(F)ccc3n2Cc2nc(C(F)(F)F)no2)CCC1F. The Hall–Kier alpha value is -2.76. The van der Waals surface area contributed by atoms with E-state index in [0.717, 1.165) is 0 Å². The van der Waals surface area contributed by atoms with Gasteiger partial charge in [-0.05, 0) is 18.6 Å². The van der Waals surface area contributed by atoms with Gasteiger partial charge in [0, 0.05) is 19.2 Å². The van der Waals surface area contributed by atoms with Gasteiger partial charge in [-0.15, -0.1) is 0 Å². The van der Waals surface area contributed by atoms with E-state index in [2.05, 4.69) is 15.1 Å². The maximum atomic E-state index is 13.7. The highest BCUT2D eigenvalue weighted by atomic mass is 19.4. The third-order valence-corrected chi connectivity index (χ3v) is 4.56. The summed E-state index contributed by atoms with van der Waals surface area (Å²) in [6, 6.07) is 3.12. The molecule has 12 heteroatoms. The highest BCUT2D eigenvalue weighted by Crippen LogP contribution is 2.29. The minimum Gasteiger partial charge on any atom is -0.340 e. The van der Waals surface area contributed by atoms with Gasteiger partial charge in [0.15, 0.2) is 0 Å². The Morgan fingerprint density at radius 3 is 2.71 bits per heavy atom. The molecule has 28 heavy (non-hydrogen) atoms. The Bertz CT molecular complexity index is 999. The highest BCUT2D eigenvalue weighted by Gasteiger charge is 2.37. The lowest BCUT2D eigenvalue weighted by molar-refractivity contribution is -0.146.